The molecule has 1 aromatic carbocycles. The summed E-state index contributed by atoms with van der Waals surface area (Å²) in [5.41, 5.74) is 4.91. The van der Waals surface area contributed by atoms with Crippen LogP contribution in [0.1, 0.15) is 12.0 Å². The molecular formula is C9H11NO6S. The van der Waals surface area contributed by atoms with Crippen LogP contribution in [0.4, 0.5) is 0 Å². The van der Waals surface area contributed by atoms with Gasteiger partial charge in [-0.25, -0.2) is 0 Å². The molecule has 0 aromatic heterocycles. The van der Waals surface area contributed by atoms with Crippen LogP contribution in [0.25, 0.3) is 0 Å². The summed E-state index contributed by atoms with van der Waals surface area (Å²) in [7, 11) is -4.64. The standard InChI is InChI=1S/C9H11NO6S/c10-8(12)2-1-5-3-6(11)4-7(9(5)13)17(14,15)16/h3-4,11,13H,1-2H2,(H2,10,12)(H,14,15,16). The molecule has 0 atom stereocenters. The highest BCUT2D eigenvalue weighted by Crippen LogP contribution is 2.31. The van der Waals surface area contributed by atoms with Gasteiger partial charge in [0.1, 0.15) is 16.4 Å². The number of aryl methyl sites for hydroxylation is 1. The van der Waals surface area contributed by atoms with Gasteiger partial charge < -0.3 is 15.9 Å². The van der Waals surface area contributed by atoms with Crippen LogP contribution in [0.3, 0.4) is 0 Å². The second kappa shape index (κ2) is 4.60. The largest absolute Gasteiger partial charge is 0.508 e. The number of rotatable bonds is 4. The number of amides is 1. The Bertz CT molecular complexity index is 551. The number of primary amides is 1. The molecule has 0 saturated carbocycles. The Hall–Kier alpha value is -1.80. The van der Waals surface area contributed by atoms with Crippen LogP contribution in [0.15, 0.2) is 17.0 Å². The molecule has 0 saturated heterocycles. The minimum Gasteiger partial charge on any atom is -0.508 e. The summed E-state index contributed by atoms with van der Waals surface area (Å²) >= 11 is 0. The van der Waals surface area contributed by atoms with Crippen molar-refractivity contribution in [1.82, 2.24) is 0 Å². The Labute approximate surface area is 97.2 Å². The van der Waals surface area contributed by atoms with Gasteiger partial charge in [-0.2, -0.15) is 8.42 Å². The number of hydrogen-bond acceptors (Lipinski definition) is 5. The summed E-state index contributed by atoms with van der Waals surface area (Å²) in [5, 5.41) is 18.8. The molecule has 5 N–H and O–H groups in total. The predicted molar refractivity (Wildman–Crippen MR) is 57.1 cm³/mol. The third-order valence-electron chi connectivity index (χ3n) is 2.06. The van der Waals surface area contributed by atoms with E-state index in [0.717, 1.165) is 6.07 Å². The molecule has 0 bridgehead atoms. The lowest BCUT2D eigenvalue weighted by atomic mass is 10.1. The second-order valence-corrected chi connectivity index (χ2v) is 4.78. The number of hydrogen-bond donors (Lipinski definition) is 4. The smallest absolute Gasteiger partial charge is 0.298 e. The quantitative estimate of drug-likeness (QED) is 0.436. The number of aromatic hydroxyl groups is 2. The number of phenols is 2. The lowest BCUT2D eigenvalue weighted by Gasteiger charge is -2.08. The highest BCUT2D eigenvalue weighted by Gasteiger charge is 2.20. The molecule has 0 heterocycles. The van der Waals surface area contributed by atoms with E-state index in [1.165, 1.54) is 0 Å². The molecule has 0 aliphatic carbocycles. The molecule has 1 aromatic rings. The Kier molecular flexibility index (Phi) is 3.59. The number of carbonyl (C=O) groups is 1. The van der Waals surface area contributed by atoms with Gasteiger partial charge in [0.05, 0.1) is 0 Å². The maximum absolute atomic E-state index is 10.9. The highest BCUT2D eigenvalue weighted by atomic mass is 32.2. The average molecular weight is 261 g/mol. The molecule has 0 radical (unpaired) electrons. The Balaban J connectivity index is 3.24. The van der Waals surface area contributed by atoms with E-state index in [1.54, 1.807) is 0 Å². The summed E-state index contributed by atoms with van der Waals surface area (Å²) in [6.07, 6.45) is -0.167. The van der Waals surface area contributed by atoms with Gasteiger partial charge in [0.15, 0.2) is 0 Å². The van der Waals surface area contributed by atoms with Crippen LogP contribution < -0.4 is 5.73 Å². The molecule has 1 amide bonds. The normalized spacial score (nSPS) is 11.4. The molecule has 8 heteroatoms. The van der Waals surface area contributed by atoms with E-state index in [1.807, 2.05) is 0 Å². The summed E-state index contributed by atoms with van der Waals surface area (Å²) < 4.78 is 30.6. The summed E-state index contributed by atoms with van der Waals surface area (Å²) in [5.74, 6) is -1.79. The highest BCUT2D eigenvalue weighted by molar-refractivity contribution is 7.86. The van der Waals surface area contributed by atoms with E-state index in [0.29, 0.717) is 6.07 Å². The van der Waals surface area contributed by atoms with Gasteiger partial charge in [-0.3, -0.25) is 9.35 Å². The van der Waals surface area contributed by atoms with Crippen LogP contribution in [-0.4, -0.2) is 29.1 Å². The first-order valence-corrected chi connectivity index (χ1v) is 5.96. The summed E-state index contributed by atoms with van der Waals surface area (Å²) in [6.45, 7) is 0. The van der Waals surface area contributed by atoms with Crippen molar-refractivity contribution < 1.29 is 28.0 Å². The van der Waals surface area contributed by atoms with Gasteiger partial charge in [0.25, 0.3) is 10.1 Å². The fourth-order valence-electron chi connectivity index (χ4n) is 1.29. The van der Waals surface area contributed by atoms with E-state index in [2.05, 4.69) is 0 Å². The average Bonchev–Trinajstić information content (AvgIpc) is 2.17. The molecule has 0 spiro atoms. The van der Waals surface area contributed by atoms with Crippen molar-refractivity contribution in [1.29, 1.82) is 0 Å². The number of carbonyl (C=O) groups excluding carboxylic acids is 1. The topological polar surface area (TPSA) is 138 Å². The van der Waals surface area contributed by atoms with Crippen molar-refractivity contribution in [2.45, 2.75) is 17.7 Å². The van der Waals surface area contributed by atoms with Crippen LogP contribution in [0.5, 0.6) is 11.5 Å². The lowest BCUT2D eigenvalue weighted by Crippen LogP contribution is -2.11. The predicted octanol–water partition coefficient (Wildman–Crippen LogP) is -0.238. The van der Waals surface area contributed by atoms with Crippen LogP contribution >= 0.6 is 0 Å². The van der Waals surface area contributed by atoms with Crippen molar-refractivity contribution in [2.75, 3.05) is 0 Å². The monoisotopic (exact) mass is 261 g/mol. The Morgan fingerprint density at radius 1 is 1.29 bits per heavy atom. The van der Waals surface area contributed by atoms with Gasteiger partial charge in [-0.1, -0.05) is 0 Å². The number of phenolic OH excluding ortho intramolecular Hbond substituents is 2. The zero-order valence-corrected chi connectivity index (χ0v) is 9.44. The zero-order valence-electron chi connectivity index (χ0n) is 8.62. The Morgan fingerprint density at radius 2 is 1.88 bits per heavy atom. The van der Waals surface area contributed by atoms with Crippen molar-refractivity contribution in [3.8, 4) is 11.5 Å². The van der Waals surface area contributed by atoms with E-state index < -0.39 is 32.4 Å². The molecule has 7 nitrogen and oxygen atoms in total. The van der Waals surface area contributed by atoms with Gasteiger partial charge in [-0.15, -0.1) is 0 Å². The zero-order chi connectivity index (χ0) is 13.2. The van der Waals surface area contributed by atoms with Crippen molar-refractivity contribution >= 4 is 16.0 Å². The molecule has 0 fully saturated rings. The molecule has 94 valence electrons. The van der Waals surface area contributed by atoms with E-state index in [9.17, 15) is 23.4 Å². The van der Waals surface area contributed by atoms with Crippen LogP contribution in [-0.2, 0) is 21.3 Å². The first kappa shape index (κ1) is 13.3. The molecule has 0 aliphatic heterocycles. The maximum Gasteiger partial charge on any atom is 0.298 e. The third kappa shape index (κ3) is 3.33. The number of benzene rings is 1. The molecular weight excluding hydrogens is 250 g/mol. The molecule has 0 aliphatic rings. The minimum absolute atomic E-state index is 0.0106. The minimum atomic E-state index is -4.64. The van der Waals surface area contributed by atoms with E-state index in [-0.39, 0.29) is 18.4 Å². The summed E-state index contributed by atoms with van der Waals surface area (Å²) in [6, 6.07) is 1.80. The molecule has 0 unspecified atom stereocenters. The SMILES string of the molecule is NC(=O)CCc1cc(O)cc(S(=O)(=O)O)c1O. The van der Waals surface area contributed by atoms with Crippen molar-refractivity contribution in [3.05, 3.63) is 17.7 Å². The lowest BCUT2D eigenvalue weighted by molar-refractivity contribution is -0.117. The third-order valence-corrected chi connectivity index (χ3v) is 2.92. The molecule has 17 heavy (non-hydrogen) atoms. The fraction of sp³-hybridized carbons (Fsp3) is 0.222. The summed E-state index contributed by atoms with van der Waals surface area (Å²) in [4.78, 5) is 9.75. The van der Waals surface area contributed by atoms with Crippen LogP contribution in [0.2, 0.25) is 0 Å². The molecule has 1 rings (SSSR count). The van der Waals surface area contributed by atoms with Gasteiger partial charge in [0, 0.05) is 12.5 Å². The number of nitrogens with two attached hydrogens (primary N) is 1. The van der Waals surface area contributed by atoms with Gasteiger partial charge in [0.2, 0.25) is 5.91 Å². The van der Waals surface area contributed by atoms with E-state index in [4.69, 9.17) is 10.3 Å². The van der Waals surface area contributed by atoms with Gasteiger partial charge >= 0.3 is 0 Å². The van der Waals surface area contributed by atoms with Crippen molar-refractivity contribution in [2.24, 2.45) is 5.73 Å². The first-order chi connectivity index (χ1) is 7.71. The van der Waals surface area contributed by atoms with Gasteiger partial charge in [-0.05, 0) is 18.1 Å². The van der Waals surface area contributed by atoms with Crippen LogP contribution in [0, 0.1) is 0 Å². The van der Waals surface area contributed by atoms with Crippen molar-refractivity contribution in [3.63, 3.8) is 0 Å². The fourth-order valence-corrected chi connectivity index (χ4v) is 1.94. The first-order valence-electron chi connectivity index (χ1n) is 4.52. The second-order valence-electron chi connectivity index (χ2n) is 3.39. The Morgan fingerprint density at radius 3 is 2.35 bits per heavy atom. The van der Waals surface area contributed by atoms with E-state index >= 15 is 0 Å². The maximum atomic E-state index is 10.9.